The molecule has 0 N–H and O–H groups in total. The fraction of sp³-hybridized carbons (Fsp3) is 1.00. The summed E-state index contributed by atoms with van der Waals surface area (Å²) in [4.78, 5) is 0. The maximum absolute atomic E-state index is 6.76. The Morgan fingerprint density at radius 2 is 0.786 bits per heavy atom. The molecule has 0 bridgehead atoms. The van der Waals surface area contributed by atoms with Crippen molar-refractivity contribution >= 4 is 42.1 Å². The van der Waals surface area contributed by atoms with Crippen LogP contribution in [0.5, 0.6) is 0 Å². The predicted octanol–water partition coefficient (Wildman–Crippen LogP) is 7.28. The van der Waals surface area contributed by atoms with Gasteiger partial charge in [0.1, 0.15) is 0 Å². The van der Waals surface area contributed by atoms with Crippen LogP contribution in [-0.2, 0) is 16.8 Å². The molecule has 0 aliphatic heterocycles. The molecule has 0 aliphatic carbocycles. The minimum absolute atomic E-state index is 0.976. The maximum Gasteiger partial charge on any atom is 0.469 e. The standard InChI is InChI=1S/C19H50O4Si5/c1-20-27(11,12)18-16-14-13-15-17-19-28(21-24(2,3)4,22-25(5,6)7)23-26(8,9)10/h13-19H2,1-12H3. The Balaban J connectivity index is 4.87. The van der Waals surface area contributed by atoms with E-state index in [1.54, 1.807) is 0 Å². The second-order valence-electron chi connectivity index (χ2n) is 11.6. The Hall–Kier alpha value is 0.924. The number of hydrogen-bond acceptors (Lipinski definition) is 4. The third kappa shape index (κ3) is 15.7. The van der Waals surface area contributed by atoms with Crippen molar-refractivity contribution in [1.82, 2.24) is 0 Å². The molecule has 0 aromatic heterocycles. The van der Waals surface area contributed by atoms with Crippen molar-refractivity contribution in [3.63, 3.8) is 0 Å². The van der Waals surface area contributed by atoms with Gasteiger partial charge in [0.05, 0.1) is 0 Å². The van der Waals surface area contributed by atoms with E-state index < -0.39 is 42.1 Å². The largest absolute Gasteiger partial charge is 0.469 e. The fourth-order valence-corrected chi connectivity index (χ4v) is 19.2. The minimum Gasteiger partial charge on any atom is -0.420 e. The van der Waals surface area contributed by atoms with E-state index in [1.807, 2.05) is 7.11 Å². The molecule has 0 saturated carbocycles. The maximum atomic E-state index is 6.76. The SMILES string of the molecule is CO[Si](C)(C)CCCCCCC[Si](O[Si](C)(C)C)(O[Si](C)(C)C)O[Si](C)(C)C. The van der Waals surface area contributed by atoms with Gasteiger partial charge in [0, 0.05) is 13.2 Å². The molecule has 0 heterocycles. The molecular weight excluding hydrogens is 433 g/mol. The lowest BCUT2D eigenvalue weighted by molar-refractivity contribution is 0.250. The van der Waals surface area contributed by atoms with Crippen LogP contribution >= 0.6 is 0 Å². The molecule has 0 aliphatic rings. The Labute approximate surface area is 182 Å². The smallest absolute Gasteiger partial charge is 0.420 e. The van der Waals surface area contributed by atoms with Crippen molar-refractivity contribution in [2.45, 2.75) is 116 Å². The van der Waals surface area contributed by atoms with Gasteiger partial charge in [0.2, 0.25) is 0 Å². The normalized spacial score (nSPS) is 14.6. The molecular formula is C19H50O4Si5. The number of hydrogen-bond donors (Lipinski definition) is 0. The first kappa shape index (κ1) is 28.9. The molecule has 0 aromatic rings. The van der Waals surface area contributed by atoms with E-state index in [-0.39, 0.29) is 0 Å². The monoisotopic (exact) mass is 482 g/mol. The van der Waals surface area contributed by atoms with E-state index in [4.69, 9.17) is 16.8 Å². The Kier molecular flexibility index (Phi) is 11.9. The van der Waals surface area contributed by atoms with Crippen LogP contribution in [0, 0.1) is 0 Å². The van der Waals surface area contributed by atoms with E-state index >= 15 is 0 Å². The van der Waals surface area contributed by atoms with Gasteiger partial charge in [0.15, 0.2) is 33.3 Å². The molecule has 0 fully saturated rings. The van der Waals surface area contributed by atoms with Crippen molar-refractivity contribution in [2.75, 3.05) is 7.11 Å². The summed E-state index contributed by atoms with van der Waals surface area (Å²) in [5.74, 6) is 0. The predicted molar refractivity (Wildman–Crippen MR) is 136 cm³/mol. The third-order valence-electron chi connectivity index (χ3n) is 4.20. The van der Waals surface area contributed by atoms with Crippen molar-refractivity contribution < 1.29 is 16.8 Å². The molecule has 0 rings (SSSR count). The topological polar surface area (TPSA) is 36.9 Å². The van der Waals surface area contributed by atoms with Gasteiger partial charge < -0.3 is 16.8 Å². The van der Waals surface area contributed by atoms with Crippen molar-refractivity contribution in [3.8, 4) is 0 Å². The van der Waals surface area contributed by atoms with Crippen molar-refractivity contribution in [3.05, 3.63) is 0 Å². The van der Waals surface area contributed by atoms with E-state index in [9.17, 15) is 0 Å². The van der Waals surface area contributed by atoms with Gasteiger partial charge in [-0.15, -0.1) is 0 Å². The van der Waals surface area contributed by atoms with Crippen LogP contribution in [0.1, 0.15) is 32.1 Å². The summed E-state index contributed by atoms with van der Waals surface area (Å²) in [6.07, 6.45) is 6.26. The van der Waals surface area contributed by atoms with Crippen LogP contribution in [-0.4, -0.2) is 49.2 Å². The highest BCUT2D eigenvalue weighted by molar-refractivity contribution is 6.90. The first-order valence-electron chi connectivity index (χ1n) is 11.0. The molecule has 0 saturated heterocycles. The van der Waals surface area contributed by atoms with Crippen LogP contribution in [0.25, 0.3) is 0 Å². The Morgan fingerprint density at radius 1 is 0.464 bits per heavy atom. The zero-order chi connectivity index (χ0) is 22.3. The summed E-state index contributed by atoms with van der Waals surface area (Å²) in [5.41, 5.74) is 0. The fourth-order valence-electron chi connectivity index (χ4n) is 3.14. The lowest BCUT2D eigenvalue weighted by atomic mass is 10.2. The zero-order valence-electron chi connectivity index (χ0n) is 21.1. The van der Waals surface area contributed by atoms with E-state index in [1.165, 1.54) is 31.7 Å². The first-order valence-corrected chi connectivity index (χ1v) is 26.3. The lowest BCUT2D eigenvalue weighted by Gasteiger charge is -2.43. The highest BCUT2D eigenvalue weighted by Crippen LogP contribution is 2.30. The highest BCUT2D eigenvalue weighted by atomic mass is 28.5. The number of unbranched alkanes of at least 4 members (excludes halogenated alkanes) is 4. The van der Waals surface area contributed by atoms with Crippen LogP contribution in [0.4, 0.5) is 0 Å². The molecule has 0 spiro atoms. The molecule has 0 atom stereocenters. The summed E-state index contributed by atoms with van der Waals surface area (Å²) >= 11 is 0. The quantitative estimate of drug-likeness (QED) is 0.181. The second kappa shape index (κ2) is 11.5. The van der Waals surface area contributed by atoms with Crippen LogP contribution in [0.2, 0.25) is 84.1 Å². The molecule has 0 aromatic carbocycles. The third-order valence-corrected chi connectivity index (χ3v) is 18.9. The summed E-state index contributed by atoms with van der Waals surface area (Å²) in [7, 11) is -7.42. The summed E-state index contributed by atoms with van der Waals surface area (Å²) < 4.78 is 25.9. The highest BCUT2D eigenvalue weighted by Gasteiger charge is 2.49. The number of rotatable bonds is 15. The summed E-state index contributed by atoms with van der Waals surface area (Å²) in [6, 6.07) is 2.24. The Morgan fingerprint density at radius 3 is 1.11 bits per heavy atom. The van der Waals surface area contributed by atoms with Crippen LogP contribution < -0.4 is 0 Å². The average Bonchev–Trinajstić information content (AvgIpc) is 2.40. The summed E-state index contributed by atoms with van der Waals surface area (Å²) in [6.45, 7) is 25.0. The van der Waals surface area contributed by atoms with Crippen LogP contribution in [0.15, 0.2) is 0 Å². The van der Waals surface area contributed by atoms with Gasteiger partial charge in [0.25, 0.3) is 0 Å². The van der Waals surface area contributed by atoms with Crippen LogP contribution in [0.3, 0.4) is 0 Å². The zero-order valence-corrected chi connectivity index (χ0v) is 26.1. The first-order chi connectivity index (χ1) is 12.4. The van der Waals surface area contributed by atoms with Gasteiger partial charge in [-0.1, -0.05) is 25.7 Å². The van der Waals surface area contributed by atoms with Crippen molar-refractivity contribution in [2.24, 2.45) is 0 Å². The lowest BCUT2D eigenvalue weighted by Crippen LogP contribution is -2.60. The summed E-state index contributed by atoms with van der Waals surface area (Å²) in [5, 5.41) is 0. The second-order valence-corrected chi connectivity index (χ2v) is 33.0. The molecule has 0 unspecified atom stereocenters. The van der Waals surface area contributed by atoms with Gasteiger partial charge in [-0.2, -0.15) is 0 Å². The molecule has 0 radical (unpaired) electrons. The van der Waals surface area contributed by atoms with Gasteiger partial charge in [-0.3, -0.25) is 0 Å². The van der Waals surface area contributed by atoms with Gasteiger partial charge in [-0.05, 0) is 84.5 Å². The van der Waals surface area contributed by atoms with E-state index in [2.05, 4.69) is 72.0 Å². The van der Waals surface area contributed by atoms with Gasteiger partial charge in [-0.25, -0.2) is 0 Å². The minimum atomic E-state index is -2.63. The Bertz CT molecular complexity index is 398. The average molecular weight is 483 g/mol. The van der Waals surface area contributed by atoms with Gasteiger partial charge >= 0.3 is 8.80 Å². The molecule has 0 amide bonds. The van der Waals surface area contributed by atoms with Crippen molar-refractivity contribution in [1.29, 1.82) is 0 Å². The molecule has 4 nitrogen and oxygen atoms in total. The van der Waals surface area contributed by atoms with E-state index in [0.717, 1.165) is 12.5 Å². The molecule has 28 heavy (non-hydrogen) atoms. The van der Waals surface area contributed by atoms with E-state index in [0.29, 0.717) is 0 Å². The molecule has 170 valence electrons. The molecule has 9 heteroatoms.